The van der Waals surface area contributed by atoms with Crippen LogP contribution in [-0.4, -0.2) is 46.5 Å². The van der Waals surface area contributed by atoms with Gasteiger partial charge in [-0.3, -0.25) is 9.69 Å². The molecule has 1 fully saturated rings. The molecule has 0 saturated carbocycles. The van der Waals surface area contributed by atoms with Gasteiger partial charge < -0.3 is 9.47 Å². The predicted octanol–water partition coefficient (Wildman–Crippen LogP) is 7.45. The number of benzene rings is 4. The van der Waals surface area contributed by atoms with Gasteiger partial charge in [0.1, 0.15) is 5.82 Å². The zero-order valence-corrected chi connectivity index (χ0v) is 23.5. The van der Waals surface area contributed by atoms with E-state index in [1.54, 1.807) is 12.1 Å². The van der Waals surface area contributed by atoms with Crippen LogP contribution in [0, 0.1) is 19.7 Å². The Balaban J connectivity index is 1.28. The van der Waals surface area contributed by atoms with Crippen molar-refractivity contribution in [3.05, 3.63) is 149 Å². The van der Waals surface area contributed by atoms with Crippen LogP contribution in [0.1, 0.15) is 38.8 Å². The molecule has 5 aromatic rings. The van der Waals surface area contributed by atoms with Gasteiger partial charge in [-0.2, -0.15) is 0 Å². The summed E-state index contributed by atoms with van der Waals surface area (Å²) in [6.45, 7) is 6.91. The van der Waals surface area contributed by atoms with Crippen molar-refractivity contribution in [1.82, 2.24) is 14.4 Å². The van der Waals surface area contributed by atoms with E-state index in [1.165, 1.54) is 28.8 Å². The van der Waals surface area contributed by atoms with Crippen LogP contribution in [0.25, 0.3) is 16.9 Å². The normalized spacial score (nSPS) is 14.0. The van der Waals surface area contributed by atoms with Gasteiger partial charge in [-0.25, -0.2) is 4.39 Å². The second-order valence-electron chi connectivity index (χ2n) is 10.8. The number of halogens is 1. The Kier molecular flexibility index (Phi) is 7.53. The molecule has 1 aromatic heterocycles. The van der Waals surface area contributed by atoms with Gasteiger partial charge >= 0.3 is 0 Å². The number of nitrogens with zero attached hydrogens (tertiary/aromatic N) is 3. The highest BCUT2D eigenvalue weighted by atomic mass is 19.1. The van der Waals surface area contributed by atoms with Crippen LogP contribution in [-0.2, 0) is 0 Å². The van der Waals surface area contributed by atoms with Crippen molar-refractivity contribution in [2.75, 3.05) is 26.2 Å². The number of amides is 1. The van der Waals surface area contributed by atoms with E-state index in [0.717, 1.165) is 35.7 Å². The monoisotopic (exact) mass is 543 g/mol. The van der Waals surface area contributed by atoms with Crippen LogP contribution in [0.3, 0.4) is 0 Å². The Morgan fingerprint density at radius 2 is 1.27 bits per heavy atom. The number of rotatable bonds is 6. The number of piperazine rings is 1. The summed E-state index contributed by atoms with van der Waals surface area (Å²) in [5.41, 5.74) is 7.97. The lowest BCUT2D eigenvalue weighted by molar-refractivity contribution is 0.0596. The second kappa shape index (κ2) is 11.6. The smallest absolute Gasteiger partial charge is 0.255 e. The quantitative estimate of drug-likeness (QED) is 0.223. The summed E-state index contributed by atoms with van der Waals surface area (Å²) >= 11 is 0. The van der Waals surface area contributed by atoms with Crippen molar-refractivity contribution in [1.29, 1.82) is 0 Å². The standard InChI is InChI=1S/C36H34FN3O/c1-26-13-19-32(20-14-26)40-27(2)33(25-34(40)28-15-17-31(37)18-16-28)36(41)39-23-21-38(22-24-39)35(29-9-5-3-6-10-29)30-11-7-4-8-12-30/h3-20,25,35H,21-24H2,1-2H3. The Morgan fingerprint density at radius 1 is 0.707 bits per heavy atom. The van der Waals surface area contributed by atoms with E-state index in [2.05, 4.69) is 89.2 Å². The van der Waals surface area contributed by atoms with Crippen LogP contribution >= 0.6 is 0 Å². The average molecular weight is 544 g/mol. The molecule has 5 heteroatoms. The molecular formula is C36H34FN3O. The first-order valence-electron chi connectivity index (χ1n) is 14.2. The molecule has 0 bridgehead atoms. The van der Waals surface area contributed by atoms with E-state index in [1.807, 2.05) is 30.0 Å². The molecule has 1 aliphatic heterocycles. The van der Waals surface area contributed by atoms with E-state index in [9.17, 15) is 9.18 Å². The molecule has 0 atom stereocenters. The first kappa shape index (κ1) is 26.7. The van der Waals surface area contributed by atoms with Crippen molar-refractivity contribution in [3.8, 4) is 16.9 Å². The van der Waals surface area contributed by atoms with Crippen molar-refractivity contribution >= 4 is 5.91 Å². The summed E-state index contributed by atoms with van der Waals surface area (Å²) in [6, 6.07) is 38.0. The molecule has 0 spiro atoms. The summed E-state index contributed by atoms with van der Waals surface area (Å²) in [6.07, 6.45) is 0. The molecule has 0 unspecified atom stereocenters. The second-order valence-corrected chi connectivity index (χ2v) is 10.8. The van der Waals surface area contributed by atoms with Crippen LogP contribution in [0.2, 0.25) is 0 Å². The van der Waals surface area contributed by atoms with Gasteiger partial charge in [0.25, 0.3) is 5.91 Å². The molecule has 2 heterocycles. The minimum Gasteiger partial charge on any atom is -0.336 e. The van der Waals surface area contributed by atoms with E-state index >= 15 is 0 Å². The molecule has 0 N–H and O–H groups in total. The minimum absolute atomic E-state index is 0.0346. The SMILES string of the molecule is Cc1ccc(-n2c(-c3ccc(F)cc3)cc(C(=O)N3CCN(C(c4ccccc4)c4ccccc4)CC3)c2C)cc1. The molecule has 6 rings (SSSR count). The Morgan fingerprint density at radius 3 is 1.83 bits per heavy atom. The minimum atomic E-state index is -0.280. The summed E-state index contributed by atoms with van der Waals surface area (Å²) in [7, 11) is 0. The lowest BCUT2D eigenvalue weighted by Crippen LogP contribution is -2.50. The van der Waals surface area contributed by atoms with Crippen LogP contribution in [0.5, 0.6) is 0 Å². The van der Waals surface area contributed by atoms with Gasteiger partial charge in [-0.15, -0.1) is 0 Å². The Labute approximate surface area is 241 Å². The van der Waals surface area contributed by atoms with Crippen molar-refractivity contribution < 1.29 is 9.18 Å². The molecule has 41 heavy (non-hydrogen) atoms. The first-order valence-corrected chi connectivity index (χ1v) is 14.2. The van der Waals surface area contributed by atoms with Crippen molar-refractivity contribution in [3.63, 3.8) is 0 Å². The molecule has 4 aromatic carbocycles. The predicted molar refractivity (Wildman–Crippen MR) is 163 cm³/mol. The molecule has 1 amide bonds. The average Bonchev–Trinajstić information content (AvgIpc) is 3.36. The summed E-state index contributed by atoms with van der Waals surface area (Å²) in [5.74, 6) is -0.246. The number of carbonyl (C=O) groups is 1. The zero-order chi connectivity index (χ0) is 28.3. The van der Waals surface area contributed by atoms with Crippen molar-refractivity contribution in [2.45, 2.75) is 19.9 Å². The van der Waals surface area contributed by atoms with E-state index < -0.39 is 0 Å². The first-order chi connectivity index (χ1) is 20.0. The number of hydrogen-bond donors (Lipinski definition) is 0. The highest BCUT2D eigenvalue weighted by molar-refractivity contribution is 5.97. The van der Waals surface area contributed by atoms with Gasteiger partial charge in [0.05, 0.1) is 17.3 Å². The number of carbonyl (C=O) groups excluding carboxylic acids is 1. The maximum absolute atomic E-state index is 14.0. The van der Waals surface area contributed by atoms with E-state index in [-0.39, 0.29) is 17.8 Å². The fourth-order valence-electron chi connectivity index (χ4n) is 5.92. The Bertz CT molecular complexity index is 1580. The third kappa shape index (κ3) is 5.46. The van der Waals surface area contributed by atoms with Crippen LogP contribution < -0.4 is 0 Å². The van der Waals surface area contributed by atoms with E-state index in [0.29, 0.717) is 18.7 Å². The van der Waals surface area contributed by atoms with E-state index in [4.69, 9.17) is 0 Å². The van der Waals surface area contributed by atoms with Crippen LogP contribution in [0.15, 0.2) is 115 Å². The molecule has 4 nitrogen and oxygen atoms in total. The Hall–Kier alpha value is -4.48. The molecule has 1 saturated heterocycles. The molecule has 0 aliphatic carbocycles. The third-order valence-corrected chi connectivity index (χ3v) is 8.11. The van der Waals surface area contributed by atoms with Gasteiger partial charge in [0, 0.05) is 37.6 Å². The van der Waals surface area contributed by atoms with Crippen molar-refractivity contribution in [2.24, 2.45) is 0 Å². The molecule has 0 radical (unpaired) electrons. The molecule has 1 aliphatic rings. The molecular weight excluding hydrogens is 509 g/mol. The highest BCUT2D eigenvalue weighted by Crippen LogP contribution is 2.32. The zero-order valence-electron chi connectivity index (χ0n) is 23.5. The lowest BCUT2D eigenvalue weighted by atomic mass is 9.96. The fourth-order valence-corrected chi connectivity index (χ4v) is 5.92. The van der Waals surface area contributed by atoms with Gasteiger partial charge in [0.15, 0.2) is 0 Å². The largest absolute Gasteiger partial charge is 0.336 e. The lowest BCUT2D eigenvalue weighted by Gasteiger charge is -2.39. The summed E-state index contributed by atoms with van der Waals surface area (Å²) in [5, 5.41) is 0. The highest BCUT2D eigenvalue weighted by Gasteiger charge is 2.30. The summed E-state index contributed by atoms with van der Waals surface area (Å²) in [4.78, 5) is 18.5. The van der Waals surface area contributed by atoms with Gasteiger partial charge in [0.2, 0.25) is 0 Å². The van der Waals surface area contributed by atoms with Gasteiger partial charge in [-0.1, -0.05) is 78.4 Å². The maximum Gasteiger partial charge on any atom is 0.255 e. The summed E-state index contributed by atoms with van der Waals surface area (Å²) < 4.78 is 15.9. The maximum atomic E-state index is 14.0. The molecule has 206 valence electrons. The van der Waals surface area contributed by atoms with Gasteiger partial charge in [-0.05, 0) is 73.0 Å². The van der Waals surface area contributed by atoms with Crippen LogP contribution in [0.4, 0.5) is 4.39 Å². The topological polar surface area (TPSA) is 28.5 Å². The number of aromatic nitrogens is 1. The number of aryl methyl sites for hydroxylation is 1. The third-order valence-electron chi connectivity index (χ3n) is 8.11. The number of hydrogen-bond acceptors (Lipinski definition) is 2. The fraction of sp³-hybridized carbons (Fsp3) is 0.194.